The molecular weight excluding hydrogens is 214 g/mol. The SMILES string of the molecule is CCCNC(C1CCOC1)C1(C)CCCCO1. The van der Waals surface area contributed by atoms with E-state index in [0.717, 1.165) is 26.4 Å². The number of hydrogen-bond acceptors (Lipinski definition) is 3. The van der Waals surface area contributed by atoms with Crippen LogP contribution in [0.5, 0.6) is 0 Å². The molecular formula is C14H27NO2. The van der Waals surface area contributed by atoms with Crippen LogP contribution in [-0.2, 0) is 9.47 Å². The highest BCUT2D eigenvalue weighted by Crippen LogP contribution is 2.34. The summed E-state index contributed by atoms with van der Waals surface area (Å²) >= 11 is 0. The third kappa shape index (κ3) is 3.21. The van der Waals surface area contributed by atoms with E-state index in [0.29, 0.717) is 12.0 Å². The molecule has 0 aromatic heterocycles. The first kappa shape index (κ1) is 13.3. The van der Waals surface area contributed by atoms with E-state index in [-0.39, 0.29) is 5.60 Å². The van der Waals surface area contributed by atoms with Gasteiger partial charge in [0.15, 0.2) is 0 Å². The van der Waals surface area contributed by atoms with Crippen LogP contribution in [0.15, 0.2) is 0 Å². The number of rotatable bonds is 5. The Kier molecular flexibility index (Phi) is 4.83. The predicted molar refractivity (Wildman–Crippen MR) is 69.2 cm³/mol. The van der Waals surface area contributed by atoms with Gasteiger partial charge in [-0.3, -0.25) is 0 Å². The van der Waals surface area contributed by atoms with Gasteiger partial charge in [0.25, 0.3) is 0 Å². The van der Waals surface area contributed by atoms with Crippen LogP contribution in [0.4, 0.5) is 0 Å². The highest BCUT2D eigenvalue weighted by Gasteiger charge is 2.42. The molecule has 0 spiro atoms. The van der Waals surface area contributed by atoms with Crippen molar-refractivity contribution in [3.63, 3.8) is 0 Å². The lowest BCUT2D eigenvalue weighted by atomic mass is 9.80. The summed E-state index contributed by atoms with van der Waals surface area (Å²) in [6.45, 7) is 8.34. The highest BCUT2D eigenvalue weighted by molar-refractivity contribution is 4.96. The van der Waals surface area contributed by atoms with E-state index in [9.17, 15) is 0 Å². The lowest BCUT2D eigenvalue weighted by Crippen LogP contribution is -2.56. The van der Waals surface area contributed by atoms with E-state index in [2.05, 4.69) is 19.2 Å². The van der Waals surface area contributed by atoms with E-state index in [1.54, 1.807) is 0 Å². The molecule has 3 unspecified atom stereocenters. The largest absolute Gasteiger partial charge is 0.381 e. The molecule has 2 aliphatic heterocycles. The van der Waals surface area contributed by atoms with Crippen molar-refractivity contribution in [2.24, 2.45) is 5.92 Å². The average molecular weight is 241 g/mol. The van der Waals surface area contributed by atoms with Crippen molar-refractivity contribution in [3.8, 4) is 0 Å². The van der Waals surface area contributed by atoms with Gasteiger partial charge in [-0.2, -0.15) is 0 Å². The fourth-order valence-corrected chi connectivity index (χ4v) is 3.20. The molecule has 17 heavy (non-hydrogen) atoms. The zero-order valence-electron chi connectivity index (χ0n) is 11.3. The minimum absolute atomic E-state index is 0.0196. The van der Waals surface area contributed by atoms with Crippen LogP contribution >= 0.6 is 0 Å². The van der Waals surface area contributed by atoms with Gasteiger partial charge in [0.05, 0.1) is 12.2 Å². The Morgan fingerprint density at radius 2 is 2.24 bits per heavy atom. The van der Waals surface area contributed by atoms with E-state index >= 15 is 0 Å². The first-order valence-corrected chi connectivity index (χ1v) is 7.21. The predicted octanol–water partition coefficient (Wildman–Crippen LogP) is 2.35. The van der Waals surface area contributed by atoms with Gasteiger partial charge >= 0.3 is 0 Å². The quantitative estimate of drug-likeness (QED) is 0.801. The van der Waals surface area contributed by atoms with Crippen molar-refractivity contribution in [1.29, 1.82) is 0 Å². The fraction of sp³-hybridized carbons (Fsp3) is 1.00. The zero-order chi connectivity index (χ0) is 12.1. The lowest BCUT2D eigenvalue weighted by molar-refractivity contribution is -0.100. The average Bonchev–Trinajstić information content (AvgIpc) is 2.84. The van der Waals surface area contributed by atoms with Crippen molar-refractivity contribution in [3.05, 3.63) is 0 Å². The van der Waals surface area contributed by atoms with Crippen LogP contribution < -0.4 is 5.32 Å². The minimum atomic E-state index is 0.0196. The van der Waals surface area contributed by atoms with E-state index in [4.69, 9.17) is 9.47 Å². The molecule has 2 saturated heterocycles. The van der Waals surface area contributed by atoms with Crippen molar-refractivity contribution in [2.45, 2.75) is 57.6 Å². The molecule has 2 fully saturated rings. The molecule has 2 aliphatic rings. The molecule has 3 nitrogen and oxygen atoms in total. The lowest BCUT2D eigenvalue weighted by Gasteiger charge is -2.43. The summed E-state index contributed by atoms with van der Waals surface area (Å²) in [7, 11) is 0. The Morgan fingerprint density at radius 1 is 1.35 bits per heavy atom. The molecule has 0 amide bonds. The van der Waals surface area contributed by atoms with E-state index in [1.807, 2.05) is 0 Å². The third-order valence-corrected chi connectivity index (χ3v) is 4.21. The van der Waals surface area contributed by atoms with Crippen molar-refractivity contribution in [1.82, 2.24) is 5.32 Å². The van der Waals surface area contributed by atoms with Gasteiger partial charge < -0.3 is 14.8 Å². The summed E-state index contributed by atoms with van der Waals surface area (Å²) in [6.07, 6.45) is 6.07. The van der Waals surface area contributed by atoms with Gasteiger partial charge in [0.1, 0.15) is 0 Å². The Labute approximate surface area is 105 Å². The number of hydrogen-bond donors (Lipinski definition) is 1. The second-order valence-electron chi connectivity index (χ2n) is 5.67. The summed E-state index contributed by atoms with van der Waals surface area (Å²) < 4.78 is 11.7. The van der Waals surface area contributed by atoms with Gasteiger partial charge in [-0.1, -0.05) is 6.92 Å². The third-order valence-electron chi connectivity index (χ3n) is 4.21. The molecule has 0 radical (unpaired) electrons. The summed E-state index contributed by atoms with van der Waals surface area (Å²) in [6, 6.07) is 0.463. The molecule has 0 aromatic carbocycles. The minimum Gasteiger partial charge on any atom is -0.381 e. The number of nitrogens with one attached hydrogen (secondary N) is 1. The van der Waals surface area contributed by atoms with Crippen LogP contribution in [0.25, 0.3) is 0 Å². The van der Waals surface area contributed by atoms with Gasteiger partial charge in [-0.25, -0.2) is 0 Å². The Hall–Kier alpha value is -0.120. The van der Waals surface area contributed by atoms with E-state index < -0.39 is 0 Å². The summed E-state index contributed by atoms with van der Waals surface area (Å²) in [5.74, 6) is 0.629. The Balaban J connectivity index is 2.01. The van der Waals surface area contributed by atoms with Crippen molar-refractivity contribution in [2.75, 3.05) is 26.4 Å². The second-order valence-corrected chi connectivity index (χ2v) is 5.67. The van der Waals surface area contributed by atoms with Crippen LogP contribution in [0.3, 0.4) is 0 Å². The summed E-state index contributed by atoms with van der Waals surface area (Å²) in [5, 5.41) is 3.72. The normalized spacial score (nSPS) is 36.0. The van der Waals surface area contributed by atoms with Gasteiger partial charge in [-0.05, 0) is 45.6 Å². The summed E-state index contributed by atoms with van der Waals surface area (Å²) in [5.41, 5.74) is 0.0196. The highest BCUT2D eigenvalue weighted by atomic mass is 16.5. The topological polar surface area (TPSA) is 30.5 Å². The van der Waals surface area contributed by atoms with E-state index in [1.165, 1.54) is 32.1 Å². The molecule has 0 bridgehead atoms. The molecule has 2 rings (SSSR count). The smallest absolute Gasteiger partial charge is 0.0810 e. The Morgan fingerprint density at radius 3 is 2.82 bits per heavy atom. The summed E-state index contributed by atoms with van der Waals surface area (Å²) in [4.78, 5) is 0. The van der Waals surface area contributed by atoms with Crippen LogP contribution in [0.1, 0.15) is 46.0 Å². The molecule has 3 heteroatoms. The monoisotopic (exact) mass is 241 g/mol. The molecule has 2 heterocycles. The maximum Gasteiger partial charge on any atom is 0.0810 e. The maximum atomic E-state index is 6.12. The van der Waals surface area contributed by atoms with Gasteiger partial charge in [-0.15, -0.1) is 0 Å². The van der Waals surface area contributed by atoms with Crippen molar-refractivity contribution < 1.29 is 9.47 Å². The maximum absolute atomic E-state index is 6.12. The fourth-order valence-electron chi connectivity index (χ4n) is 3.20. The van der Waals surface area contributed by atoms with Gasteiger partial charge in [0.2, 0.25) is 0 Å². The van der Waals surface area contributed by atoms with Crippen LogP contribution in [-0.4, -0.2) is 38.0 Å². The zero-order valence-corrected chi connectivity index (χ0v) is 11.3. The van der Waals surface area contributed by atoms with Crippen molar-refractivity contribution >= 4 is 0 Å². The Bertz CT molecular complexity index is 220. The van der Waals surface area contributed by atoms with Gasteiger partial charge in [0, 0.05) is 25.2 Å². The van der Waals surface area contributed by atoms with Crippen LogP contribution in [0, 0.1) is 5.92 Å². The molecule has 100 valence electrons. The van der Waals surface area contributed by atoms with Crippen LogP contribution in [0.2, 0.25) is 0 Å². The molecule has 0 saturated carbocycles. The molecule has 3 atom stereocenters. The standard InChI is InChI=1S/C14H27NO2/c1-3-8-15-13(12-6-10-16-11-12)14(2)7-4-5-9-17-14/h12-13,15H,3-11H2,1-2H3. The number of ether oxygens (including phenoxy) is 2. The molecule has 0 aromatic rings. The molecule has 1 N–H and O–H groups in total. The first-order valence-electron chi connectivity index (χ1n) is 7.21. The first-order chi connectivity index (χ1) is 8.26. The second kappa shape index (κ2) is 6.17. The molecule has 0 aliphatic carbocycles.